The number of phenols is 1. The molecule has 13 heavy (non-hydrogen) atoms. The Bertz CT molecular complexity index is 323. The van der Waals surface area contributed by atoms with Gasteiger partial charge in [-0.2, -0.15) is 0 Å². The summed E-state index contributed by atoms with van der Waals surface area (Å²) < 4.78 is 4.83. The molecule has 0 heterocycles. The largest absolute Gasteiger partial charge is 0.508 e. The summed E-state index contributed by atoms with van der Waals surface area (Å²) >= 11 is 0. The number of carbonyl (C=O) groups excluding carboxylic acids is 1. The number of rotatable bonds is 3. The monoisotopic (exact) mass is 181 g/mol. The van der Waals surface area contributed by atoms with E-state index in [-0.39, 0.29) is 12.4 Å². The Morgan fingerprint density at radius 1 is 1.62 bits per heavy atom. The van der Waals surface area contributed by atoms with Crippen LogP contribution in [0.3, 0.4) is 0 Å². The lowest BCUT2D eigenvalue weighted by Crippen LogP contribution is -2.11. The van der Waals surface area contributed by atoms with Crippen LogP contribution in [0.5, 0.6) is 5.75 Å². The van der Waals surface area contributed by atoms with E-state index in [0.29, 0.717) is 11.1 Å². The summed E-state index contributed by atoms with van der Waals surface area (Å²) in [6.45, 7) is 0.257. The van der Waals surface area contributed by atoms with Crippen LogP contribution in [0.2, 0.25) is 0 Å². The molecular weight excluding hydrogens is 170 g/mol. The predicted molar refractivity (Wildman–Crippen MR) is 47.3 cm³/mol. The quantitative estimate of drug-likeness (QED) is 0.718. The molecule has 4 heteroatoms. The highest BCUT2D eigenvalue weighted by Gasteiger charge is 2.05. The highest BCUT2D eigenvalue weighted by Crippen LogP contribution is 2.18. The lowest BCUT2D eigenvalue weighted by Gasteiger charge is -2.04. The third-order valence-electron chi connectivity index (χ3n) is 1.66. The van der Waals surface area contributed by atoms with Crippen molar-refractivity contribution in [3.05, 3.63) is 29.3 Å². The number of ether oxygens (including phenoxy) is 1. The summed E-state index contributed by atoms with van der Waals surface area (Å²) in [5.74, 6) is -0.413. The van der Waals surface area contributed by atoms with Crippen molar-refractivity contribution in [3.8, 4) is 5.75 Å². The van der Waals surface area contributed by atoms with Gasteiger partial charge in [-0.3, -0.25) is 4.79 Å². The number of aromatic hydroxyl groups is 1. The number of hydrogen-bond donors (Lipinski definition) is 2. The van der Waals surface area contributed by atoms with Gasteiger partial charge in [0.2, 0.25) is 5.91 Å². The van der Waals surface area contributed by atoms with Crippen LogP contribution >= 0.6 is 0 Å². The topological polar surface area (TPSA) is 72.5 Å². The number of methoxy groups -OCH3 is 1. The van der Waals surface area contributed by atoms with Gasteiger partial charge in [-0.05, 0) is 18.2 Å². The van der Waals surface area contributed by atoms with Gasteiger partial charge in [0.05, 0.1) is 6.61 Å². The number of phenolic OH excluding ortho intramolecular Hbond substituents is 1. The van der Waals surface area contributed by atoms with Crippen molar-refractivity contribution >= 4 is 5.91 Å². The summed E-state index contributed by atoms with van der Waals surface area (Å²) in [6.07, 6.45) is 0. The SMILES string of the molecule is COCc1cc(C(N)=O)ccc1O. The van der Waals surface area contributed by atoms with Gasteiger partial charge in [-0.1, -0.05) is 0 Å². The number of carbonyl (C=O) groups is 1. The Balaban J connectivity index is 3.03. The molecule has 70 valence electrons. The fourth-order valence-corrected chi connectivity index (χ4v) is 1.01. The van der Waals surface area contributed by atoms with Gasteiger partial charge < -0.3 is 15.6 Å². The van der Waals surface area contributed by atoms with Crippen LogP contribution in [0, 0.1) is 0 Å². The third kappa shape index (κ3) is 2.19. The molecule has 0 aromatic heterocycles. The second-order valence-corrected chi connectivity index (χ2v) is 2.64. The molecule has 4 nitrogen and oxygen atoms in total. The Morgan fingerprint density at radius 3 is 2.85 bits per heavy atom. The minimum absolute atomic E-state index is 0.104. The lowest BCUT2D eigenvalue weighted by atomic mass is 10.1. The van der Waals surface area contributed by atoms with Crippen molar-refractivity contribution in [2.75, 3.05) is 7.11 Å². The van der Waals surface area contributed by atoms with Gasteiger partial charge in [-0.25, -0.2) is 0 Å². The molecule has 1 amide bonds. The zero-order chi connectivity index (χ0) is 9.84. The smallest absolute Gasteiger partial charge is 0.248 e. The molecule has 0 bridgehead atoms. The van der Waals surface area contributed by atoms with Gasteiger partial charge in [-0.15, -0.1) is 0 Å². The molecule has 0 saturated carbocycles. The molecular formula is C9H11NO3. The Hall–Kier alpha value is -1.55. The first-order chi connectivity index (χ1) is 6.15. The van der Waals surface area contributed by atoms with E-state index in [1.807, 2.05) is 0 Å². The number of hydrogen-bond acceptors (Lipinski definition) is 3. The van der Waals surface area contributed by atoms with E-state index in [1.54, 1.807) is 0 Å². The molecule has 1 aromatic rings. The van der Waals surface area contributed by atoms with E-state index in [2.05, 4.69) is 0 Å². The van der Waals surface area contributed by atoms with Gasteiger partial charge in [0.25, 0.3) is 0 Å². The summed E-state index contributed by atoms with van der Waals surface area (Å²) in [7, 11) is 1.51. The number of nitrogens with two attached hydrogens (primary N) is 1. The maximum Gasteiger partial charge on any atom is 0.248 e. The van der Waals surface area contributed by atoms with E-state index in [1.165, 1.54) is 25.3 Å². The molecule has 0 radical (unpaired) electrons. The van der Waals surface area contributed by atoms with Crippen LogP contribution in [0.15, 0.2) is 18.2 Å². The molecule has 0 saturated heterocycles. The number of primary amides is 1. The van der Waals surface area contributed by atoms with Crippen LogP contribution in [-0.2, 0) is 11.3 Å². The average molecular weight is 181 g/mol. The normalized spacial score (nSPS) is 9.92. The first kappa shape index (κ1) is 9.54. The maximum atomic E-state index is 10.8. The summed E-state index contributed by atoms with van der Waals surface area (Å²) in [5.41, 5.74) is 5.99. The van der Waals surface area contributed by atoms with Crippen LogP contribution in [0.25, 0.3) is 0 Å². The van der Waals surface area contributed by atoms with Crippen molar-refractivity contribution in [1.82, 2.24) is 0 Å². The molecule has 0 aliphatic heterocycles. The standard InChI is InChI=1S/C9H11NO3/c1-13-5-7-4-6(9(10)12)2-3-8(7)11/h2-4,11H,5H2,1H3,(H2,10,12). The molecule has 0 atom stereocenters. The Kier molecular flexibility index (Phi) is 2.87. The van der Waals surface area contributed by atoms with Gasteiger partial charge >= 0.3 is 0 Å². The predicted octanol–water partition coefficient (Wildman–Crippen LogP) is 0.638. The van der Waals surface area contributed by atoms with Gasteiger partial charge in [0.15, 0.2) is 0 Å². The van der Waals surface area contributed by atoms with Gasteiger partial charge in [0.1, 0.15) is 5.75 Å². The summed E-state index contributed by atoms with van der Waals surface area (Å²) in [6, 6.07) is 4.41. The van der Waals surface area contributed by atoms with E-state index in [9.17, 15) is 9.90 Å². The molecule has 3 N–H and O–H groups in total. The minimum Gasteiger partial charge on any atom is -0.508 e. The third-order valence-corrected chi connectivity index (χ3v) is 1.66. The van der Waals surface area contributed by atoms with Crippen molar-refractivity contribution in [3.63, 3.8) is 0 Å². The Morgan fingerprint density at radius 2 is 2.31 bits per heavy atom. The first-order valence-corrected chi connectivity index (χ1v) is 3.75. The first-order valence-electron chi connectivity index (χ1n) is 3.75. The second kappa shape index (κ2) is 3.91. The fraction of sp³-hybridized carbons (Fsp3) is 0.222. The number of benzene rings is 1. The van der Waals surface area contributed by atoms with Crippen molar-refractivity contribution in [2.45, 2.75) is 6.61 Å². The van der Waals surface area contributed by atoms with Gasteiger partial charge in [0, 0.05) is 18.2 Å². The molecule has 0 aliphatic rings. The van der Waals surface area contributed by atoms with E-state index in [0.717, 1.165) is 0 Å². The second-order valence-electron chi connectivity index (χ2n) is 2.64. The highest BCUT2D eigenvalue weighted by atomic mass is 16.5. The van der Waals surface area contributed by atoms with E-state index >= 15 is 0 Å². The molecule has 0 unspecified atom stereocenters. The minimum atomic E-state index is -0.516. The van der Waals surface area contributed by atoms with E-state index in [4.69, 9.17) is 10.5 Å². The molecule has 0 spiro atoms. The molecule has 0 aliphatic carbocycles. The van der Waals surface area contributed by atoms with E-state index < -0.39 is 5.91 Å². The average Bonchev–Trinajstić information content (AvgIpc) is 2.08. The van der Waals surface area contributed by atoms with Crippen LogP contribution in [-0.4, -0.2) is 18.1 Å². The van der Waals surface area contributed by atoms with Crippen LogP contribution < -0.4 is 5.73 Å². The highest BCUT2D eigenvalue weighted by molar-refractivity contribution is 5.93. The molecule has 1 aromatic carbocycles. The van der Waals surface area contributed by atoms with Crippen molar-refractivity contribution < 1.29 is 14.6 Å². The van der Waals surface area contributed by atoms with Crippen LogP contribution in [0.4, 0.5) is 0 Å². The summed E-state index contributed by atoms with van der Waals surface area (Å²) in [5, 5.41) is 9.32. The van der Waals surface area contributed by atoms with Crippen LogP contribution in [0.1, 0.15) is 15.9 Å². The maximum absolute atomic E-state index is 10.8. The molecule has 0 fully saturated rings. The fourth-order valence-electron chi connectivity index (χ4n) is 1.01. The molecule has 1 rings (SSSR count). The zero-order valence-electron chi connectivity index (χ0n) is 7.28. The van der Waals surface area contributed by atoms with Crippen molar-refractivity contribution in [2.24, 2.45) is 5.73 Å². The number of amides is 1. The summed E-state index contributed by atoms with van der Waals surface area (Å²) in [4.78, 5) is 10.8. The Labute approximate surface area is 75.9 Å². The zero-order valence-corrected chi connectivity index (χ0v) is 7.28. The lowest BCUT2D eigenvalue weighted by molar-refractivity contribution is 0.1000. The van der Waals surface area contributed by atoms with Crippen molar-refractivity contribution in [1.29, 1.82) is 0 Å².